The first-order valence-corrected chi connectivity index (χ1v) is 5.02. The molecule has 3 N–H and O–H groups in total. The number of ether oxygens (including phenoxy) is 1. The highest BCUT2D eigenvalue weighted by atomic mass is 35.5. The summed E-state index contributed by atoms with van der Waals surface area (Å²) in [5.74, 6) is -0.629. The molecule has 1 heterocycles. The summed E-state index contributed by atoms with van der Waals surface area (Å²) in [6.07, 6.45) is -0.718. The molecule has 88 valence electrons. The van der Waals surface area contributed by atoms with E-state index in [4.69, 9.17) is 27.2 Å². The lowest BCUT2D eigenvalue weighted by Crippen LogP contribution is -2.26. The average molecular weight is 246 g/mol. The Bertz CT molecular complexity index is 388. The van der Waals surface area contributed by atoms with Crippen LogP contribution in [0, 0.1) is 6.92 Å². The maximum absolute atomic E-state index is 10.8. The first-order valence-electron chi connectivity index (χ1n) is 4.64. The van der Waals surface area contributed by atoms with E-state index in [1.54, 1.807) is 13.8 Å². The van der Waals surface area contributed by atoms with E-state index in [0.29, 0.717) is 12.2 Å². The van der Waals surface area contributed by atoms with Gasteiger partial charge in [0.1, 0.15) is 5.82 Å². The van der Waals surface area contributed by atoms with Crippen molar-refractivity contribution in [1.29, 1.82) is 0 Å². The number of rotatable bonds is 4. The fraction of sp³-hybridized carbons (Fsp3) is 0.444. The summed E-state index contributed by atoms with van der Waals surface area (Å²) < 4.78 is 5.16. The monoisotopic (exact) mass is 245 g/mol. The average Bonchev–Trinajstić information content (AvgIpc) is 2.15. The molecular weight excluding hydrogens is 234 g/mol. The van der Waals surface area contributed by atoms with Crippen LogP contribution in [0.15, 0.2) is 0 Å². The van der Waals surface area contributed by atoms with Crippen molar-refractivity contribution in [3.05, 3.63) is 11.0 Å². The maximum atomic E-state index is 10.8. The molecule has 0 saturated heterocycles. The van der Waals surface area contributed by atoms with Crippen molar-refractivity contribution >= 4 is 23.4 Å². The van der Waals surface area contributed by atoms with Crippen molar-refractivity contribution < 1.29 is 14.6 Å². The Morgan fingerprint density at radius 2 is 2.25 bits per heavy atom. The number of hydrogen-bond acceptors (Lipinski definition) is 5. The second-order valence-corrected chi connectivity index (χ2v) is 3.49. The molecule has 7 heteroatoms. The predicted molar refractivity (Wildman–Crippen MR) is 58.5 cm³/mol. The van der Waals surface area contributed by atoms with E-state index in [9.17, 15) is 4.79 Å². The Morgan fingerprint density at radius 3 is 2.69 bits per heavy atom. The van der Waals surface area contributed by atoms with E-state index < -0.39 is 12.1 Å². The number of carboxylic acid groups (broad SMARTS) is 1. The molecule has 0 bridgehead atoms. The summed E-state index contributed by atoms with van der Waals surface area (Å²) >= 11 is 5.79. The third kappa shape index (κ3) is 2.73. The number of aryl methyl sites for hydroxylation is 1. The molecule has 16 heavy (non-hydrogen) atoms. The zero-order valence-corrected chi connectivity index (χ0v) is 9.65. The minimum Gasteiger partial charge on any atom is -0.479 e. The molecule has 0 aliphatic heterocycles. The van der Waals surface area contributed by atoms with Gasteiger partial charge in [0, 0.05) is 0 Å². The third-order valence-electron chi connectivity index (χ3n) is 1.87. The zero-order chi connectivity index (χ0) is 12.3. The van der Waals surface area contributed by atoms with Crippen LogP contribution >= 0.6 is 11.6 Å². The summed E-state index contributed by atoms with van der Waals surface area (Å²) in [4.78, 5) is 18.5. The van der Waals surface area contributed by atoms with Gasteiger partial charge in [-0.25, -0.2) is 14.8 Å². The van der Waals surface area contributed by atoms with Gasteiger partial charge in [0.15, 0.2) is 22.8 Å². The summed E-state index contributed by atoms with van der Waals surface area (Å²) in [5.41, 5.74) is 5.57. The molecule has 1 rings (SSSR count). The van der Waals surface area contributed by atoms with Gasteiger partial charge in [-0.2, -0.15) is 0 Å². The molecule has 0 aromatic carbocycles. The number of carboxylic acids is 1. The van der Waals surface area contributed by atoms with Gasteiger partial charge in [-0.1, -0.05) is 18.5 Å². The first kappa shape index (κ1) is 12.5. The number of carbonyl (C=O) groups is 1. The van der Waals surface area contributed by atoms with Crippen molar-refractivity contribution in [3.8, 4) is 5.75 Å². The second kappa shape index (κ2) is 4.98. The maximum Gasteiger partial charge on any atom is 0.344 e. The Balaban J connectivity index is 3.01. The van der Waals surface area contributed by atoms with Crippen LogP contribution in [0.1, 0.15) is 19.2 Å². The van der Waals surface area contributed by atoms with Crippen molar-refractivity contribution in [1.82, 2.24) is 9.97 Å². The van der Waals surface area contributed by atoms with Gasteiger partial charge in [-0.05, 0) is 13.3 Å². The van der Waals surface area contributed by atoms with Crippen LogP contribution in [-0.4, -0.2) is 27.1 Å². The van der Waals surface area contributed by atoms with Crippen LogP contribution < -0.4 is 10.5 Å². The van der Waals surface area contributed by atoms with E-state index in [0.717, 1.165) is 0 Å². The smallest absolute Gasteiger partial charge is 0.344 e. The minimum absolute atomic E-state index is 0.0153. The van der Waals surface area contributed by atoms with Crippen LogP contribution in [0.25, 0.3) is 0 Å². The molecule has 1 aromatic heterocycles. The van der Waals surface area contributed by atoms with Gasteiger partial charge in [0.05, 0.1) is 0 Å². The Kier molecular flexibility index (Phi) is 3.89. The SMILES string of the molecule is CCC(Oc1c(N)nc(C)nc1Cl)C(=O)O. The fourth-order valence-electron chi connectivity index (χ4n) is 1.11. The summed E-state index contributed by atoms with van der Waals surface area (Å²) in [6.45, 7) is 3.30. The highest BCUT2D eigenvalue weighted by molar-refractivity contribution is 6.31. The minimum atomic E-state index is -1.08. The van der Waals surface area contributed by atoms with E-state index in [2.05, 4.69) is 9.97 Å². The molecule has 0 amide bonds. The topological polar surface area (TPSA) is 98.3 Å². The molecule has 1 aromatic rings. The van der Waals surface area contributed by atoms with Crippen molar-refractivity contribution in [3.63, 3.8) is 0 Å². The van der Waals surface area contributed by atoms with Gasteiger partial charge < -0.3 is 15.6 Å². The number of nitrogens with two attached hydrogens (primary N) is 1. The lowest BCUT2D eigenvalue weighted by Gasteiger charge is -2.15. The van der Waals surface area contributed by atoms with Gasteiger partial charge in [0.2, 0.25) is 0 Å². The lowest BCUT2D eigenvalue weighted by atomic mass is 10.3. The summed E-state index contributed by atoms with van der Waals surface area (Å²) in [6, 6.07) is 0. The number of aromatic nitrogens is 2. The number of aliphatic carboxylic acids is 1. The molecule has 0 aliphatic carbocycles. The van der Waals surface area contributed by atoms with Gasteiger partial charge in [-0.15, -0.1) is 0 Å². The van der Waals surface area contributed by atoms with Gasteiger partial charge >= 0.3 is 5.97 Å². The van der Waals surface area contributed by atoms with E-state index in [1.807, 2.05) is 0 Å². The molecule has 0 radical (unpaired) electrons. The van der Waals surface area contributed by atoms with E-state index >= 15 is 0 Å². The first-order chi connectivity index (χ1) is 7.45. The van der Waals surface area contributed by atoms with Gasteiger partial charge in [-0.3, -0.25) is 0 Å². The highest BCUT2D eigenvalue weighted by Crippen LogP contribution is 2.29. The molecule has 1 unspecified atom stereocenters. The van der Waals surface area contributed by atoms with Crippen molar-refractivity contribution in [2.75, 3.05) is 5.73 Å². The molecule has 0 fully saturated rings. The number of halogens is 1. The van der Waals surface area contributed by atoms with E-state index in [-0.39, 0.29) is 16.7 Å². The van der Waals surface area contributed by atoms with Crippen LogP contribution in [-0.2, 0) is 4.79 Å². The lowest BCUT2D eigenvalue weighted by molar-refractivity contribution is -0.145. The summed E-state index contributed by atoms with van der Waals surface area (Å²) in [5, 5.41) is 8.84. The fourth-order valence-corrected chi connectivity index (χ4v) is 1.37. The largest absolute Gasteiger partial charge is 0.479 e. The Hall–Kier alpha value is -1.56. The quantitative estimate of drug-likeness (QED) is 0.775. The predicted octanol–water partition coefficient (Wildman–Crippen LogP) is 1.26. The summed E-state index contributed by atoms with van der Waals surface area (Å²) in [7, 11) is 0. The molecule has 1 atom stereocenters. The number of anilines is 1. The van der Waals surface area contributed by atoms with Crippen molar-refractivity contribution in [2.24, 2.45) is 0 Å². The Morgan fingerprint density at radius 1 is 1.62 bits per heavy atom. The number of hydrogen-bond donors (Lipinski definition) is 2. The van der Waals surface area contributed by atoms with Crippen LogP contribution in [0.2, 0.25) is 5.15 Å². The molecular formula is C9H12ClN3O3. The number of nitrogens with zero attached hydrogens (tertiary/aromatic N) is 2. The number of nitrogen functional groups attached to an aromatic ring is 1. The molecule has 6 nitrogen and oxygen atoms in total. The highest BCUT2D eigenvalue weighted by Gasteiger charge is 2.21. The molecule has 0 spiro atoms. The van der Waals surface area contributed by atoms with Gasteiger partial charge in [0.25, 0.3) is 0 Å². The second-order valence-electron chi connectivity index (χ2n) is 3.13. The van der Waals surface area contributed by atoms with Crippen LogP contribution in [0.4, 0.5) is 5.82 Å². The molecule has 0 aliphatic rings. The zero-order valence-electron chi connectivity index (χ0n) is 8.90. The van der Waals surface area contributed by atoms with E-state index in [1.165, 1.54) is 0 Å². The normalized spacial score (nSPS) is 12.2. The third-order valence-corrected chi connectivity index (χ3v) is 2.12. The molecule has 0 saturated carbocycles. The Labute approximate surface area is 97.4 Å². The standard InChI is InChI=1S/C9H12ClN3O3/c1-3-5(9(14)15)16-6-7(10)12-4(2)13-8(6)11/h5H,3H2,1-2H3,(H,14,15)(H2,11,12,13). The van der Waals surface area contributed by atoms with Crippen LogP contribution in [0.5, 0.6) is 5.75 Å². The van der Waals surface area contributed by atoms with Crippen LogP contribution in [0.3, 0.4) is 0 Å². The van der Waals surface area contributed by atoms with Crippen molar-refractivity contribution in [2.45, 2.75) is 26.4 Å².